The molecule has 4 rings (SSSR count). The molecule has 4 N–H and O–H groups in total. The van der Waals surface area contributed by atoms with Crippen LogP contribution in [0.15, 0.2) is 67.0 Å². The number of nitrogens with one attached hydrogen (secondary N) is 4. The van der Waals surface area contributed by atoms with Crippen molar-refractivity contribution in [1.29, 1.82) is 0 Å². The average Bonchev–Trinajstić information content (AvgIpc) is 2.82. The zero-order valence-electron chi connectivity index (χ0n) is 18.0. The fraction of sp³-hybridized carbons (Fsp3) is 0.0833. The summed E-state index contributed by atoms with van der Waals surface area (Å²) in [6.07, 6.45) is 1.41. The molecule has 10 heteroatoms. The lowest BCUT2D eigenvalue weighted by Crippen LogP contribution is -2.28. The Hall–Kier alpha value is -4.24. The van der Waals surface area contributed by atoms with Gasteiger partial charge in [-0.1, -0.05) is 11.6 Å². The number of anilines is 4. The second-order valence-electron chi connectivity index (χ2n) is 7.22. The van der Waals surface area contributed by atoms with Crippen LogP contribution in [0.2, 0.25) is 5.02 Å². The van der Waals surface area contributed by atoms with E-state index in [0.29, 0.717) is 45.9 Å². The fourth-order valence-electron chi connectivity index (χ4n) is 3.19. The molecule has 0 saturated carbocycles. The van der Waals surface area contributed by atoms with Crippen LogP contribution in [-0.2, 0) is 0 Å². The predicted molar refractivity (Wildman–Crippen MR) is 131 cm³/mol. The lowest BCUT2D eigenvalue weighted by atomic mass is 10.1. The normalized spacial score (nSPS) is 10.6. The molecular weight excluding hydrogens is 459 g/mol. The maximum atomic E-state index is 13.5. The van der Waals surface area contributed by atoms with Gasteiger partial charge in [-0.2, -0.15) is 0 Å². The highest BCUT2D eigenvalue weighted by Crippen LogP contribution is 2.28. The molecule has 34 heavy (non-hydrogen) atoms. The predicted octanol–water partition coefficient (Wildman–Crippen LogP) is 5.56. The number of hydrogen-bond acceptors (Lipinski definition) is 5. The summed E-state index contributed by atoms with van der Waals surface area (Å²) < 4.78 is 13.5. The first-order chi connectivity index (χ1) is 16.4. The number of urea groups is 1. The molecule has 3 amide bonds. The van der Waals surface area contributed by atoms with E-state index < -0.39 is 5.82 Å². The van der Waals surface area contributed by atoms with Gasteiger partial charge in [0, 0.05) is 34.6 Å². The van der Waals surface area contributed by atoms with Crippen LogP contribution in [0.25, 0.3) is 10.9 Å². The average molecular weight is 479 g/mol. The minimum absolute atomic E-state index is 0.0106. The van der Waals surface area contributed by atoms with Crippen molar-refractivity contribution < 1.29 is 14.0 Å². The van der Waals surface area contributed by atoms with E-state index in [1.807, 2.05) is 6.92 Å². The summed E-state index contributed by atoms with van der Waals surface area (Å²) in [6.45, 7) is 2.33. The van der Waals surface area contributed by atoms with Crippen LogP contribution < -0.4 is 21.3 Å². The van der Waals surface area contributed by atoms with Gasteiger partial charge >= 0.3 is 6.03 Å². The number of hydrogen-bond donors (Lipinski definition) is 4. The summed E-state index contributed by atoms with van der Waals surface area (Å²) >= 11 is 5.87. The zero-order valence-corrected chi connectivity index (χ0v) is 18.8. The van der Waals surface area contributed by atoms with Gasteiger partial charge in [-0.15, -0.1) is 0 Å². The Morgan fingerprint density at radius 3 is 2.38 bits per heavy atom. The van der Waals surface area contributed by atoms with E-state index in [2.05, 4.69) is 31.2 Å². The van der Waals surface area contributed by atoms with Gasteiger partial charge in [0.25, 0.3) is 5.91 Å². The molecule has 3 aromatic carbocycles. The van der Waals surface area contributed by atoms with Gasteiger partial charge in [0.05, 0.1) is 10.5 Å². The molecule has 0 unspecified atom stereocenters. The Labute approximate surface area is 199 Å². The van der Waals surface area contributed by atoms with Crippen molar-refractivity contribution >= 4 is 57.3 Å². The third-order valence-corrected chi connectivity index (χ3v) is 5.11. The number of nitrogens with zero attached hydrogens (tertiary/aromatic N) is 2. The van der Waals surface area contributed by atoms with E-state index in [1.165, 1.54) is 18.5 Å². The number of carbonyl (C=O) groups is 2. The third kappa shape index (κ3) is 5.38. The number of benzene rings is 3. The lowest BCUT2D eigenvalue weighted by Gasteiger charge is -2.11. The van der Waals surface area contributed by atoms with Crippen LogP contribution in [-0.4, -0.2) is 28.5 Å². The number of carbonyl (C=O) groups excluding carboxylic acids is 2. The van der Waals surface area contributed by atoms with Gasteiger partial charge in [0.1, 0.15) is 18.0 Å². The monoisotopic (exact) mass is 478 g/mol. The highest BCUT2D eigenvalue weighted by atomic mass is 35.5. The molecule has 0 fully saturated rings. The Balaban J connectivity index is 1.52. The number of amides is 3. The molecule has 1 heterocycles. The molecule has 4 aromatic rings. The number of fused-ring (bicyclic) bond motifs is 1. The minimum atomic E-state index is -0.516. The maximum absolute atomic E-state index is 13.5. The molecule has 0 radical (unpaired) electrons. The first kappa shape index (κ1) is 22.9. The van der Waals surface area contributed by atoms with Crippen molar-refractivity contribution in [2.24, 2.45) is 0 Å². The highest BCUT2D eigenvalue weighted by Gasteiger charge is 2.11. The summed E-state index contributed by atoms with van der Waals surface area (Å²) in [5, 5.41) is 11.9. The molecule has 1 aromatic heterocycles. The van der Waals surface area contributed by atoms with E-state index >= 15 is 0 Å². The van der Waals surface area contributed by atoms with Crippen molar-refractivity contribution in [2.75, 3.05) is 22.5 Å². The second-order valence-corrected chi connectivity index (χ2v) is 7.63. The summed E-state index contributed by atoms with van der Waals surface area (Å²) in [6, 6.07) is 15.7. The van der Waals surface area contributed by atoms with Crippen molar-refractivity contribution in [2.45, 2.75) is 6.92 Å². The number of rotatable bonds is 6. The van der Waals surface area contributed by atoms with Gasteiger partial charge in [-0.05, 0) is 67.6 Å². The van der Waals surface area contributed by atoms with Gasteiger partial charge in [0.15, 0.2) is 0 Å². The summed E-state index contributed by atoms with van der Waals surface area (Å²) in [7, 11) is 0. The van der Waals surface area contributed by atoms with Crippen LogP contribution in [0.1, 0.15) is 17.3 Å². The smallest absolute Gasteiger partial charge is 0.319 e. The summed E-state index contributed by atoms with van der Waals surface area (Å²) in [5.41, 5.74) is 2.75. The van der Waals surface area contributed by atoms with E-state index in [1.54, 1.807) is 48.5 Å². The Morgan fingerprint density at radius 1 is 0.912 bits per heavy atom. The quantitative estimate of drug-likeness (QED) is 0.290. The number of halogens is 2. The fourth-order valence-corrected chi connectivity index (χ4v) is 3.37. The van der Waals surface area contributed by atoms with E-state index in [9.17, 15) is 14.0 Å². The van der Waals surface area contributed by atoms with Crippen LogP contribution in [0.4, 0.5) is 32.1 Å². The molecule has 0 atom stereocenters. The SMILES string of the molecule is CCNC(=O)Nc1ccc(C(=O)Nc2ccc3ncnc(Nc4ccc(F)c(Cl)c4)c3c2)cc1. The Bertz CT molecular complexity index is 1360. The zero-order chi connectivity index (χ0) is 24.1. The van der Waals surface area contributed by atoms with E-state index in [4.69, 9.17) is 11.6 Å². The Kier molecular flexibility index (Phi) is 6.84. The molecule has 172 valence electrons. The van der Waals surface area contributed by atoms with E-state index in [0.717, 1.165) is 0 Å². The highest BCUT2D eigenvalue weighted by molar-refractivity contribution is 6.31. The second kappa shape index (κ2) is 10.1. The molecule has 0 aliphatic heterocycles. The summed E-state index contributed by atoms with van der Waals surface area (Å²) in [5.74, 6) is -0.358. The third-order valence-electron chi connectivity index (χ3n) is 4.82. The molecule has 0 spiro atoms. The molecule has 0 bridgehead atoms. The van der Waals surface area contributed by atoms with Gasteiger partial charge in [-0.25, -0.2) is 19.2 Å². The van der Waals surface area contributed by atoms with E-state index in [-0.39, 0.29) is 17.0 Å². The van der Waals surface area contributed by atoms with Crippen LogP contribution in [0.5, 0.6) is 0 Å². The van der Waals surface area contributed by atoms with Gasteiger partial charge in [-0.3, -0.25) is 4.79 Å². The summed E-state index contributed by atoms with van der Waals surface area (Å²) in [4.78, 5) is 32.9. The lowest BCUT2D eigenvalue weighted by molar-refractivity contribution is 0.102. The molecule has 0 aliphatic carbocycles. The van der Waals surface area contributed by atoms with Crippen LogP contribution in [0.3, 0.4) is 0 Å². The maximum Gasteiger partial charge on any atom is 0.319 e. The van der Waals surface area contributed by atoms with Crippen molar-refractivity contribution in [3.8, 4) is 0 Å². The largest absolute Gasteiger partial charge is 0.340 e. The standard InChI is InChI=1S/C24H20ClFN6O2/c1-2-27-24(34)32-15-5-3-14(4-6-15)23(33)31-16-8-10-21-18(11-16)22(29-13-28-21)30-17-7-9-20(26)19(25)12-17/h3-13H,2H2,1H3,(H,31,33)(H2,27,32,34)(H,28,29,30). The van der Waals surface area contributed by atoms with Crippen molar-refractivity contribution in [3.63, 3.8) is 0 Å². The van der Waals surface area contributed by atoms with Crippen molar-refractivity contribution in [3.05, 3.63) is 83.4 Å². The molecule has 8 nitrogen and oxygen atoms in total. The van der Waals surface area contributed by atoms with Crippen molar-refractivity contribution in [1.82, 2.24) is 15.3 Å². The Morgan fingerprint density at radius 2 is 1.65 bits per heavy atom. The minimum Gasteiger partial charge on any atom is -0.340 e. The number of aromatic nitrogens is 2. The molecule has 0 aliphatic rings. The van der Waals surface area contributed by atoms with Gasteiger partial charge in [0.2, 0.25) is 0 Å². The topological polar surface area (TPSA) is 108 Å². The first-order valence-corrected chi connectivity index (χ1v) is 10.7. The first-order valence-electron chi connectivity index (χ1n) is 10.4. The molecule has 0 saturated heterocycles. The van der Waals surface area contributed by atoms with Gasteiger partial charge < -0.3 is 21.3 Å². The van der Waals surface area contributed by atoms with Crippen LogP contribution >= 0.6 is 11.6 Å². The molecular formula is C24H20ClFN6O2. The van der Waals surface area contributed by atoms with Crippen LogP contribution in [0, 0.1) is 5.82 Å².